The minimum absolute atomic E-state index is 0.110. The van der Waals surface area contributed by atoms with Crippen molar-refractivity contribution < 1.29 is 33.3 Å². The summed E-state index contributed by atoms with van der Waals surface area (Å²) >= 11 is 0. The fraction of sp³-hybridized carbons (Fsp3) is 0.348. The highest BCUT2D eigenvalue weighted by atomic mass is 16.6. The number of amides is 2. The Morgan fingerprint density at radius 2 is 1.94 bits per heavy atom. The first kappa shape index (κ1) is 21.5. The number of nitrogens with one attached hydrogen (secondary N) is 1. The number of rotatable bonds is 7. The summed E-state index contributed by atoms with van der Waals surface area (Å²) < 4.78 is 21.3. The van der Waals surface area contributed by atoms with Crippen LogP contribution in [0.2, 0.25) is 0 Å². The summed E-state index contributed by atoms with van der Waals surface area (Å²) in [4.78, 5) is 38.4. The number of carbonyl (C=O) groups is 3. The zero-order valence-electron chi connectivity index (χ0n) is 17.7. The Balaban J connectivity index is 1.37. The van der Waals surface area contributed by atoms with Gasteiger partial charge in [0.1, 0.15) is 19.0 Å². The molecule has 0 aromatic heterocycles. The largest absolute Gasteiger partial charge is 0.486 e. The number of benzene rings is 2. The molecule has 1 atom stereocenters. The Morgan fingerprint density at radius 3 is 2.75 bits per heavy atom. The van der Waals surface area contributed by atoms with E-state index in [0.717, 1.165) is 0 Å². The molecule has 0 spiro atoms. The summed E-state index contributed by atoms with van der Waals surface area (Å²) in [5.41, 5.74) is 1.19. The molecule has 2 aromatic carbocycles. The van der Waals surface area contributed by atoms with E-state index in [9.17, 15) is 14.4 Å². The molecule has 0 saturated carbocycles. The average molecular weight is 440 g/mol. The molecule has 0 aliphatic carbocycles. The fourth-order valence-electron chi connectivity index (χ4n) is 3.59. The number of carbonyl (C=O) groups excluding carboxylic acids is 3. The van der Waals surface area contributed by atoms with E-state index in [4.69, 9.17) is 18.9 Å². The minimum Gasteiger partial charge on any atom is -0.486 e. The average Bonchev–Trinajstić information content (AvgIpc) is 3.19. The highest BCUT2D eigenvalue weighted by Gasteiger charge is 2.35. The third-order valence-electron chi connectivity index (χ3n) is 5.10. The van der Waals surface area contributed by atoms with Gasteiger partial charge >= 0.3 is 5.97 Å². The predicted molar refractivity (Wildman–Crippen MR) is 115 cm³/mol. The lowest BCUT2D eigenvalue weighted by Gasteiger charge is -2.22. The highest BCUT2D eigenvalue weighted by molar-refractivity contribution is 6.03. The van der Waals surface area contributed by atoms with Gasteiger partial charge in [-0.05, 0) is 31.2 Å². The number of hydrogen-bond acceptors (Lipinski definition) is 7. The van der Waals surface area contributed by atoms with Crippen molar-refractivity contribution >= 4 is 29.2 Å². The maximum Gasteiger partial charge on any atom is 0.344 e. The molecule has 1 fully saturated rings. The second-order valence-electron chi connectivity index (χ2n) is 7.34. The van der Waals surface area contributed by atoms with Gasteiger partial charge in [-0.1, -0.05) is 6.07 Å². The van der Waals surface area contributed by atoms with Crippen LogP contribution in [-0.4, -0.2) is 50.8 Å². The van der Waals surface area contributed by atoms with Gasteiger partial charge in [-0.2, -0.15) is 0 Å². The van der Waals surface area contributed by atoms with Crippen molar-refractivity contribution in [2.45, 2.75) is 13.3 Å². The maximum atomic E-state index is 12.8. The summed E-state index contributed by atoms with van der Waals surface area (Å²) in [7, 11) is 0. The molecule has 2 heterocycles. The minimum atomic E-state index is -0.500. The summed E-state index contributed by atoms with van der Waals surface area (Å²) in [6.07, 6.45) is 0.110. The van der Waals surface area contributed by atoms with Crippen molar-refractivity contribution in [2.75, 3.05) is 43.2 Å². The molecule has 1 N–H and O–H groups in total. The van der Waals surface area contributed by atoms with E-state index in [0.29, 0.717) is 41.8 Å². The molecule has 2 aliphatic heterocycles. The second-order valence-corrected chi connectivity index (χ2v) is 7.34. The number of nitrogens with zero attached hydrogens (tertiary/aromatic N) is 1. The SMILES string of the molecule is CCOC(=O)COc1cccc(NC(=O)C2CC(=O)N(c3ccc4c(c3)OCCO4)C2)c1. The van der Waals surface area contributed by atoms with Crippen molar-refractivity contribution in [1.29, 1.82) is 0 Å². The van der Waals surface area contributed by atoms with Crippen LogP contribution in [0.3, 0.4) is 0 Å². The third-order valence-corrected chi connectivity index (χ3v) is 5.10. The number of ether oxygens (including phenoxy) is 4. The normalized spacial score (nSPS) is 17.1. The van der Waals surface area contributed by atoms with Gasteiger partial charge in [-0.3, -0.25) is 9.59 Å². The molecule has 2 aliphatic rings. The fourth-order valence-corrected chi connectivity index (χ4v) is 3.59. The van der Waals surface area contributed by atoms with Gasteiger partial charge < -0.3 is 29.2 Å². The van der Waals surface area contributed by atoms with Crippen LogP contribution in [0.1, 0.15) is 13.3 Å². The second kappa shape index (κ2) is 9.59. The number of fused-ring (bicyclic) bond motifs is 1. The Labute approximate surface area is 185 Å². The van der Waals surface area contributed by atoms with Crippen LogP contribution in [-0.2, 0) is 19.1 Å². The van der Waals surface area contributed by atoms with Crippen molar-refractivity contribution in [3.8, 4) is 17.2 Å². The zero-order chi connectivity index (χ0) is 22.5. The molecule has 168 valence electrons. The first-order valence-corrected chi connectivity index (χ1v) is 10.4. The van der Waals surface area contributed by atoms with Crippen LogP contribution in [0.5, 0.6) is 17.2 Å². The highest BCUT2D eigenvalue weighted by Crippen LogP contribution is 2.36. The topological polar surface area (TPSA) is 103 Å². The summed E-state index contributed by atoms with van der Waals surface area (Å²) in [5.74, 6) is 0.302. The molecule has 2 aromatic rings. The molecule has 9 heteroatoms. The Hall–Kier alpha value is -3.75. The Bertz CT molecular complexity index is 1020. The van der Waals surface area contributed by atoms with E-state index in [-0.39, 0.29) is 38.0 Å². The molecular formula is C23H24N2O7. The van der Waals surface area contributed by atoms with E-state index in [2.05, 4.69) is 5.32 Å². The van der Waals surface area contributed by atoms with Gasteiger partial charge in [0.15, 0.2) is 18.1 Å². The van der Waals surface area contributed by atoms with E-state index in [1.54, 1.807) is 54.3 Å². The number of anilines is 2. The number of hydrogen-bond donors (Lipinski definition) is 1. The van der Waals surface area contributed by atoms with Crippen LogP contribution in [0.15, 0.2) is 42.5 Å². The predicted octanol–water partition coefficient (Wildman–Crippen LogP) is 2.39. The van der Waals surface area contributed by atoms with Crippen LogP contribution in [0.4, 0.5) is 11.4 Å². The molecule has 9 nitrogen and oxygen atoms in total. The van der Waals surface area contributed by atoms with Gasteiger partial charge in [0.25, 0.3) is 0 Å². The lowest BCUT2D eigenvalue weighted by molar-refractivity contribution is -0.145. The quantitative estimate of drug-likeness (QED) is 0.660. The van der Waals surface area contributed by atoms with Crippen molar-refractivity contribution in [3.63, 3.8) is 0 Å². The van der Waals surface area contributed by atoms with Crippen molar-refractivity contribution in [2.24, 2.45) is 5.92 Å². The van der Waals surface area contributed by atoms with Gasteiger partial charge in [0.2, 0.25) is 11.8 Å². The molecule has 2 amide bonds. The van der Waals surface area contributed by atoms with E-state index in [1.807, 2.05) is 0 Å². The van der Waals surface area contributed by atoms with E-state index < -0.39 is 11.9 Å². The van der Waals surface area contributed by atoms with Crippen LogP contribution in [0, 0.1) is 5.92 Å². The lowest BCUT2D eigenvalue weighted by Crippen LogP contribution is -2.28. The standard InChI is InChI=1S/C23H24N2O7/c1-2-29-22(27)14-32-18-5-3-4-16(11-18)24-23(28)15-10-21(26)25(13-15)17-6-7-19-20(12-17)31-9-8-30-19/h3-7,11-12,15H,2,8-10,13-14H2,1H3,(H,24,28). The molecule has 1 unspecified atom stereocenters. The first-order chi connectivity index (χ1) is 15.5. The van der Waals surface area contributed by atoms with E-state index in [1.165, 1.54) is 0 Å². The smallest absolute Gasteiger partial charge is 0.344 e. The maximum absolute atomic E-state index is 12.8. The first-order valence-electron chi connectivity index (χ1n) is 10.4. The Kier molecular flexibility index (Phi) is 6.44. The van der Waals surface area contributed by atoms with Crippen LogP contribution in [0.25, 0.3) is 0 Å². The van der Waals surface area contributed by atoms with Crippen molar-refractivity contribution in [3.05, 3.63) is 42.5 Å². The third kappa shape index (κ3) is 4.93. The van der Waals surface area contributed by atoms with Gasteiger partial charge in [-0.25, -0.2) is 4.79 Å². The Morgan fingerprint density at radius 1 is 1.12 bits per heavy atom. The molecule has 0 bridgehead atoms. The van der Waals surface area contributed by atoms with Gasteiger partial charge in [-0.15, -0.1) is 0 Å². The zero-order valence-corrected chi connectivity index (χ0v) is 17.7. The van der Waals surface area contributed by atoms with Crippen LogP contribution < -0.4 is 24.4 Å². The molecule has 1 saturated heterocycles. The molecule has 4 rings (SSSR count). The number of esters is 1. The van der Waals surface area contributed by atoms with Crippen LogP contribution >= 0.6 is 0 Å². The summed E-state index contributed by atoms with van der Waals surface area (Å²) in [6.45, 7) is 3.00. The molecule has 0 radical (unpaired) electrons. The molecule has 32 heavy (non-hydrogen) atoms. The van der Waals surface area contributed by atoms with Crippen molar-refractivity contribution in [1.82, 2.24) is 0 Å². The summed E-state index contributed by atoms with van der Waals surface area (Å²) in [5, 5.41) is 2.82. The molecular weight excluding hydrogens is 416 g/mol. The van der Waals surface area contributed by atoms with E-state index >= 15 is 0 Å². The van der Waals surface area contributed by atoms with Gasteiger partial charge in [0.05, 0.1) is 12.5 Å². The lowest BCUT2D eigenvalue weighted by atomic mass is 10.1. The van der Waals surface area contributed by atoms with Gasteiger partial charge in [0, 0.05) is 36.5 Å². The monoisotopic (exact) mass is 440 g/mol. The summed E-state index contributed by atoms with van der Waals surface area (Å²) in [6, 6.07) is 12.0.